The van der Waals surface area contributed by atoms with E-state index in [0.717, 1.165) is 15.6 Å². The van der Waals surface area contributed by atoms with E-state index in [0.29, 0.717) is 11.1 Å². The van der Waals surface area contributed by atoms with Crippen LogP contribution in [0.4, 0.5) is 4.39 Å². The molecule has 0 saturated heterocycles. The van der Waals surface area contributed by atoms with E-state index >= 15 is 0 Å². The van der Waals surface area contributed by atoms with Crippen LogP contribution < -0.4 is 0 Å². The number of Topliss-reactive ketones (excluding diaryl/α,β-unsaturated/α-hetero) is 1. The summed E-state index contributed by atoms with van der Waals surface area (Å²) in [6.07, 6.45) is 0.221. The number of hydrogen-bond donors (Lipinski definition) is 0. The molecule has 2 aromatic rings. The lowest BCUT2D eigenvalue weighted by molar-refractivity contribution is 0.0993. The fraction of sp³-hybridized carbons (Fsp3) is 0.188. The molecule has 0 fully saturated rings. The van der Waals surface area contributed by atoms with E-state index in [1.165, 1.54) is 12.1 Å². The molecule has 2 rings (SSSR count). The summed E-state index contributed by atoms with van der Waals surface area (Å²) in [5.41, 5.74) is 3.43. The lowest BCUT2D eigenvalue weighted by Crippen LogP contribution is -2.05. The highest BCUT2D eigenvalue weighted by Crippen LogP contribution is 2.23. The van der Waals surface area contributed by atoms with Crippen molar-refractivity contribution < 1.29 is 9.18 Å². The van der Waals surface area contributed by atoms with Gasteiger partial charge in [0.2, 0.25) is 0 Å². The Labute approximate surface area is 120 Å². The molecule has 0 bridgehead atoms. The van der Waals surface area contributed by atoms with Crippen molar-refractivity contribution in [2.75, 3.05) is 0 Å². The number of carbonyl (C=O) groups excluding carboxylic acids is 1. The molecule has 0 amide bonds. The third-order valence-corrected chi connectivity index (χ3v) is 4.26. The van der Waals surface area contributed by atoms with Gasteiger partial charge in [-0.15, -0.1) is 0 Å². The fourth-order valence-corrected chi connectivity index (χ4v) is 2.27. The Morgan fingerprint density at radius 3 is 2.37 bits per heavy atom. The topological polar surface area (TPSA) is 17.1 Å². The molecular weight excluding hydrogens is 307 g/mol. The summed E-state index contributed by atoms with van der Waals surface area (Å²) in [6.45, 7) is 3.91. The molecule has 2 aromatic carbocycles. The second kappa shape index (κ2) is 5.66. The molecule has 0 aliphatic heterocycles. The summed E-state index contributed by atoms with van der Waals surface area (Å²) in [5, 5.41) is 0. The SMILES string of the molecule is Cc1cc(C(=O)Cc2cccc(F)c2)cc(C)c1Br. The van der Waals surface area contributed by atoms with Crippen LogP contribution in [-0.2, 0) is 6.42 Å². The first kappa shape index (κ1) is 13.9. The zero-order valence-corrected chi connectivity index (χ0v) is 12.4. The minimum Gasteiger partial charge on any atom is -0.294 e. The Morgan fingerprint density at radius 1 is 1.16 bits per heavy atom. The number of benzene rings is 2. The average Bonchev–Trinajstić information content (AvgIpc) is 2.35. The van der Waals surface area contributed by atoms with Gasteiger partial charge in [0, 0.05) is 16.5 Å². The highest BCUT2D eigenvalue weighted by atomic mass is 79.9. The van der Waals surface area contributed by atoms with Crippen LogP contribution in [0.1, 0.15) is 27.0 Å². The minimum atomic E-state index is -0.312. The van der Waals surface area contributed by atoms with E-state index in [1.54, 1.807) is 12.1 Å². The molecule has 3 heteroatoms. The van der Waals surface area contributed by atoms with Crippen molar-refractivity contribution in [1.82, 2.24) is 0 Å². The van der Waals surface area contributed by atoms with Gasteiger partial charge in [0.05, 0.1) is 0 Å². The van der Waals surface area contributed by atoms with Gasteiger partial charge in [-0.2, -0.15) is 0 Å². The highest BCUT2D eigenvalue weighted by molar-refractivity contribution is 9.10. The minimum absolute atomic E-state index is 0.00398. The molecule has 0 spiro atoms. The van der Waals surface area contributed by atoms with Gasteiger partial charge in [0.1, 0.15) is 5.82 Å². The average molecular weight is 321 g/mol. The zero-order chi connectivity index (χ0) is 14.0. The second-order valence-electron chi connectivity index (χ2n) is 4.65. The van der Waals surface area contributed by atoms with Crippen molar-refractivity contribution in [3.05, 3.63) is 68.9 Å². The monoisotopic (exact) mass is 320 g/mol. The van der Waals surface area contributed by atoms with Crippen molar-refractivity contribution in [3.63, 3.8) is 0 Å². The smallest absolute Gasteiger partial charge is 0.167 e. The van der Waals surface area contributed by atoms with Crippen LogP contribution in [0.5, 0.6) is 0 Å². The van der Waals surface area contributed by atoms with Crippen molar-refractivity contribution in [1.29, 1.82) is 0 Å². The van der Waals surface area contributed by atoms with Crippen LogP contribution in [0, 0.1) is 19.7 Å². The summed E-state index contributed by atoms with van der Waals surface area (Å²) < 4.78 is 14.1. The first-order valence-corrected chi connectivity index (χ1v) is 6.81. The maximum absolute atomic E-state index is 13.1. The van der Waals surface area contributed by atoms with Crippen LogP contribution in [0.25, 0.3) is 0 Å². The van der Waals surface area contributed by atoms with Gasteiger partial charge in [-0.25, -0.2) is 4.39 Å². The first-order chi connectivity index (χ1) is 8.97. The van der Waals surface area contributed by atoms with E-state index in [1.807, 2.05) is 26.0 Å². The summed E-state index contributed by atoms with van der Waals surface area (Å²) in [4.78, 5) is 12.2. The van der Waals surface area contributed by atoms with E-state index in [-0.39, 0.29) is 18.0 Å². The maximum atomic E-state index is 13.1. The lowest BCUT2D eigenvalue weighted by Gasteiger charge is -2.07. The standard InChI is InChI=1S/C16H14BrFO/c1-10-6-13(7-11(2)16(10)17)15(19)9-12-4-3-5-14(18)8-12/h3-8H,9H2,1-2H3. The summed E-state index contributed by atoms with van der Waals surface area (Å²) in [5.74, 6) is -0.308. The van der Waals surface area contributed by atoms with Crippen LogP contribution in [-0.4, -0.2) is 5.78 Å². The third-order valence-electron chi connectivity index (χ3n) is 3.01. The number of carbonyl (C=O) groups is 1. The Balaban J connectivity index is 2.25. The molecule has 0 heterocycles. The third kappa shape index (κ3) is 3.29. The van der Waals surface area contributed by atoms with Crippen LogP contribution >= 0.6 is 15.9 Å². The van der Waals surface area contributed by atoms with Gasteiger partial charge in [0.15, 0.2) is 5.78 Å². The molecule has 0 aliphatic carbocycles. The molecular formula is C16H14BrFO. The van der Waals surface area contributed by atoms with E-state index in [4.69, 9.17) is 0 Å². The molecule has 0 aliphatic rings. The molecule has 0 atom stereocenters. The first-order valence-electron chi connectivity index (χ1n) is 6.02. The predicted molar refractivity (Wildman–Crippen MR) is 78.1 cm³/mol. The highest BCUT2D eigenvalue weighted by Gasteiger charge is 2.10. The van der Waals surface area contributed by atoms with E-state index in [2.05, 4.69) is 15.9 Å². The predicted octanol–water partition coefficient (Wildman–Crippen LogP) is 4.63. The van der Waals surface area contributed by atoms with Gasteiger partial charge in [-0.05, 0) is 54.8 Å². The Kier molecular flexibility index (Phi) is 4.15. The summed E-state index contributed by atoms with van der Waals surface area (Å²) in [6, 6.07) is 9.88. The van der Waals surface area contributed by atoms with Crippen LogP contribution in [0.15, 0.2) is 40.9 Å². The van der Waals surface area contributed by atoms with E-state index < -0.39 is 0 Å². The molecule has 0 saturated carbocycles. The van der Waals surface area contributed by atoms with Crippen molar-refractivity contribution in [2.45, 2.75) is 20.3 Å². The fourth-order valence-electron chi connectivity index (χ4n) is 2.04. The second-order valence-corrected chi connectivity index (χ2v) is 5.45. The summed E-state index contributed by atoms with van der Waals surface area (Å²) >= 11 is 3.48. The Morgan fingerprint density at radius 2 is 1.79 bits per heavy atom. The summed E-state index contributed by atoms with van der Waals surface area (Å²) in [7, 11) is 0. The maximum Gasteiger partial charge on any atom is 0.167 e. The van der Waals surface area contributed by atoms with Gasteiger partial charge >= 0.3 is 0 Å². The Hall–Kier alpha value is -1.48. The van der Waals surface area contributed by atoms with Crippen LogP contribution in [0.2, 0.25) is 0 Å². The molecule has 98 valence electrons. The van der Waals surface area contributed by atoms with Crippen molar-refractivity contribution in [3.8, 4) is 0 Å². The zero-order valence-electron chi connectivity index (χ0n) is 10.8. The largest absolute Gasteiger partial charge is 0.294 e. The molecule has 0 radical (unpaired) electrons. The van der Waals surface area contributed by atoms with E-state index in [9.17, 15) is 9.18 Å². The van der Waals surface area contributed by atoms with Gasteiger partial charge < -0.3 is 0 Å². The normalized spacial score (nSPS) is 10.5. The van der Waals surface area contributed by atoms with Crippen molar-refractivity contribution in [2.24, 2.45) is 0 Å². The van der Waals surface area contributed by atoms with Gasteiger partial charge in [-0.1, -0.05) is 28.1 Å². The van der Waals surface area contributed by atoms with Gasteiger partial charge in [0.25, 0.3) is 0 Å². The molecule has 1 nitrogen and oxygen atoms in total. The number of aryl methyl sites for hydroxylation is 2. The number of hydrogen-bond acceptors (Lipinski definition) is 1. The van der Waals surface area contributed by atoms with Crippen LogP contribution in [0.3, 0.4) is 0 Å². The molecule has 0 unspecified atom stereocenters. The quantitative estimate of drug-likeness (QED) is 0.753. The number of rotatable bonds is 3. The molecule has 0 aromatic heterocycles. The number of halogens is 2. The lowest BCUT2D eigenvalue weighted by atomic mass is 9.99. The molecule has 19 heavy (non-hydrogen) atoms. The molecule has 0 N–H and O–H groups in total. The number of ketones is 1. The Bertz CT molecular complexity index is 611. The van der Waals surface area contributed by atoms with Gasteiger partial charge in [-0.3, -0.25) is 4.79 Å². The van der Waals surface area contributed by atoms with Crippen molar-refractivity contribution >= 4 is 21.7 Å².